The molecule has 0 aliphatic carbocycles. The minimum Gasteiger partial charge on any atom is -0.383 e. The highest BCUT2D eigenvalue weighted by Crippen LogP contribution is 2.28. The number of aryl methyl sites for hydroxylation is 1. The maximum absolute atomic E-state index is 12.8. The summed E-state index contributed by atoms with van der Waals surface area (Å²) in [6, 6.07) is 9.69. The fraction of sp³-hybridized carbons (Fsp3) is 0.353. The van der Waals surface area contributed by atoms with E-state index in [1.54, 1.807) is 25.0 Å². The van der Waals surface area contributed by atoms with Crippen LogP contribution in [0.5, 0.6) is 0 Å². The van der Waals surface area contributed by atoms with E-state index in [2.05, 4.69) is 21.4 Å². The molecular weight excluding hydrogens is 292 g/mol. The summed E-state index contributed by atoms with van der Waals surface area (Å²) in [6.07, 6.45) is 0.880. The molecule has 1 amide bonds. The number of methoxy groups -OCH3 is 1. The molecule has 0 unspecified atom stereocenters. The van der Waals surface area contributed by atoms with Gasteiger partial charge in [-0.15, -0.1) is 0 Å². The Morgan fingerprint density at radius 2 is 2.17 bits per heavy atom. The Kier molecular flexibility index (Phi) is 4.52. The lowest BCUT2D eigenvalue weighted by atomic mass is 10.2. The largest absolute Gasteiger partial charge is 0.383 e. The fourth-order valence-corrected chi connectivity index (χ4v) is 2.74. The minimum absolute atomic E-state index is 0.0877. The Hall–Kier alpha value is -2.47. The van der Waals surface area contributed by atoms with Gasteiger partial charge in [-0.2, -0.15) is 0 Å². The Morgan fingerprint density at radius 1 is 1.35 bits per heavy atom. The molecule has 1 aromatic carbocycles. The zero-order chi connectivity index (χ0) is 16.2. The summed E-state index contributed by atoms with van der Waals surface area (Å²) in [5.41, 5.74) is 2.59. The lowest BCUT2D eigenvalue weighted by molar-refractivity contribution is 0.0984. The number of amides is 1. The van der Waals surface area contributed by atoms with Crippen molar-refractivity contribution in [2.24, 2.45) is 0 Å². The molecule has 1 aliphatic heterocycles. The number of nitrogens with one attached hydrogen (secondary N) is 1. The molecule has 120 valence electrons. The van der Waals surface area contributed by atoms with E-state index in [1.807, 2.05) is 18.2 Å². The monoisotopic (exact) mass is 312 g/mol. The number of fused-ring (bicyclic) bond motifs is 1. The molecule has 1 aromatic heterocycles. The highest BCUT2D eigenvalue weighted by atomic mass is 16.5. The molecule has 0 saturated carbocycles. The van der Waals surface area contributed by atoms with Gasteiger partial charge in [0.25, 0.3) is 5.91 Å². The molecule has 2 aromatic rings. The Bertz CT molecular complexity index is 717. The molecule has 0 atom stereocenters. The van der Waals surface area contributed by atoms with Crippen molar-refractivity contribution in [2.75, 3.05) is 37.0 Å². The van der Waals surface area contributed by atoms with Crippen LogP contribution in [0.3, 0.4) is 0 Å². The van der Waals surface area contributed by atoms with E-state index in [0.717, 1.165) is 12.1 Å². The first kappa shape index (κ1) is 15.4. The van der Waals surface area contributed by atoms with E-state index in [0.29, 0.717) is 37.0 Å². The Balaban J connectivity index is 1.83. The van der Waals surface area contributed by atoms with E-state index >= 15 is 0 Å². The van der Waals surface area contributed by atoms with Gasteiger partial charge in [0.15, 0.2) is 0 Å². The van der Waals surface area contributed by atoms with Crippen molar-refractivity contribution in [1.82, 2.24) is 9.97 Å². The van der Waals surface area contributed by atoms with E-state index in [4.69, 9.17) is 4.74 Å². The zero-order valence-electron chi connectivity index (χ0n) is 13.4. The van der Waals surface area contributed by atoms with Crippen LogP contribution in [0.4, 0.5) is 11.5 Å². The minimum atomic E-state index is -0.0877. The molecule has 6 heteroatoms. The standard InChI is InChI=1S/C17H20N4O2/c1-12-19-14(11-16(20-12)18-8-10-23-2)17(22)21-9-7-13-5-3-4-6-15(13)21/h3-6,11H,7-10H2,1-2H3,(H,18,19,20). The van der Waals surface area contributed by atoms with Gasteiger partial charge < -0.3 is 15.0 Å². The average Bonchev–Trinajstić information content (AvgIpc) is 2.98. The lowest BCUT2D eigenvalue weighted by Gasteiger charge is -2.17. The highest BCUT2D eigenvalue weighted by molar-refractivity contribution is 6.06. The van der Waals surface area contributed by atoms with Gasteiger partial charge in [-0.05, 0) is 25.0 Å². The summed E-state index contributed by atoms with van der Waals surface area (Å²) in [6.45, 7) is 3.68. The van der Waals surface area contributed by atoms with E-state index in [9.17, 15) is 4.79 Å². The summed E-state index contributed by atoms with van der Waals surface area (Å²) in [4.78, 5) is 23.2. The SMILES string of the molecule is COCCNc1cc(C(=O)N2CCc3ccccc32)nc(C)n1. The van der Waals surface area contributed by atoms with Gasteiger partial charge in [-0.3, -0.25) is 4.79 Å². The second-order valence-electron chi connectivity index (χ2n) is 5.44. The van der Waals surface area contributed by atoms with Crippen molar-refractivity contribution >= 4 is 17.4 Å². The molecule has 23 heavy (non-hydrogen) atoms. The number of para-hydroxylation sites is 1. The second kappa shape index (κ2) is 6.75. The Labute approximate surface area is 135 Å². The van der Waals surface area contributed by atoms with Crippen LogP contribution in [0.15, 0.2) is 30.3 Å². The third-order valence-electron chi connectivity index (χ3n) is 3.80. The van der Waals surface area contributed by atoms with Gasteiger partial charge in [0.1, 0.15) is 17.3 Å². The third-order valence-corrected chi connectivity index (χ3v) is 3.80. The number of hydrogen-bond donors (Lipinski definition) is 1. The molecule has 3 rings (SSSR count). The maximum atomic E-state index is 12.8. The van der Waals surface area contributed by atoms with Gasteiger partial charge in [0, 0.05) is 32.0 Å². The number of ether oxygens (including phenoxy) is 1. The number of rotatable bonds is 5. The first-order valence-electron chi connectivity index (χ1n) is 7.67. The topological polar surface area (TPSA) is 67.3 Å². The second-order valence-corrected chi connectivity index (χ2v) is 5.44. The molecule has 0 fully saturated rings. The predicted molar refractivity (Wildman–Crippen MR) is 89.0 cm³/mol. The van der Waals surface area contributed by atoms with Gasteiger partial charge in [-0.1, -0.05) is 18.2 Å². The number of hydrogen-bond acceptors (Lipinski definition) is 5. The maximum Gasteiger partial charge on any atom is 0.277 e. The quantitative estimate of drug-likeness (QED) is 0.856. The fourth-order valence-electron chi connectivity index (χ4n) is 2.74. The van der Waals surface area contributed by atoms with Crippen molar-refractivity contribution in [3.05, 3.63) is 47.4 Å². The van der Waals surface area contributed by atoms with Crippen LogP contribution in [0, 0.1) is 6.92 Å². The molecule has 0 spiro atoms. The number of anilines is 2. The summed E-state index contributed by atoms with van der Waals surface area (Å²) >= 11 is 0. The average molecular weight is 312 g/mol. The Morgan fingerprint density at radius 3 is 3.00 bits per heavy atom. The molecule has 1 N–H and O–H groups in total. The van der Waals surface area contributed by atoms with E-state index < -0.39 is 0 Å². The lowest BCUT2D eigenvalue weighted by Crippen LogP contribution is -2.30. The number of benzene rings is 1. The van der Waals surface area contributed by atoms with Gasteiger partial charge in [0.2, 0.25) is 0 Å². The van der Waals surface area contributed by atoms with Gasteiger partial charge >= 0.3 is 0 Å². The predicted octanol–water partition coefficient (Wildman–Crippen LogP) is 2.05. The van der Waals surface area contributed by atoms with Crippen LogP contribution in [0.2, 0.25) is 0 Å². The summed E-state index contributed by atoms with van der Waals surface area (Å²) in [5, 5.41) is 3.14. The first-order valence-corrected chi connectivity index (χ1v) is 7.67. The normalized spacial score (nSPS) is 13.0. The van der Waals surface area contributed by atoms with Crippen molar-refractivity contribution in [1.29, 1.82) is 0 Å². The molecule has 6 nitrogen and oxygen atoms in total. The molecule has 0 bridgehead atoms. The van der Waals surface area contributed by atoms with Crippen LogP contribution in [0.1, 0.15) is 21.9 Å². The zero-order valence-corrected chi connectivity index (χ0v) is 13.4. The van der Waals surface area contributed by atoms with Crippen molar-refractivity contribution < 1.29 is 9.53 Å². The van der Waals surface area contributed by atoms with Crippen molar-refractivity contribution in [3.8, 4) is 0 Å². The summed E-state index contributed by atoms with van der Waals surface area (Å²) in [7, 11) is 1.65. The van der Waals surface area contributed by atoms with Crippen molar-refractivity contribution in [2.45, 2.75) is 13.3 Å². The molecule has 1 aliphatic rings. The summed E-state index contributed by atoms with van der Waals surface area (Å²) in [5.74, 6) is 1.13. The number of carbonyl (C=O) groups is 1. The van der Waals surface area contributed by atoms with Gasteiger partial charge in [-0.25, -0.2) is 9.97 Å². The number of nitrogens with zero attached hydrogens (tertiary/aromatic N) is 3. The van der Waals surface area contributed by atoms with E-state index in [1.165, 1.54) is 5.56 Å². The molecular formula is C17H20N4O2. The summed E-state index contributed by atoms with van der Waals surface area (Å²) < 4.78 is 5.01. The third kappa shape index (κ3) is 3.32. The van der Waals surface area contributed by atoms with Crippen molar-refractivity contribution in [3.63, 3.8) is 0 Å². The van der Waals surface area contributed by atoms with Gasteiger partial charge in [0.05, 0.1) is 6.61 Å². The van der Waals surface area contributed by atoms with Crippen LogP contribution in [0.25, 0.3) is 0 Å². The first-order chi connectivity index (χ1) is 11.2. The number of aromatic nitrogens is 2. The molecule has 0 saturated heterocycles. The van der Waals surface area contributed by atoms with E-state index in [-0.39, 0.29) is 5.91 Å². The van der Waals surface area contributed by atoms with Crippen LogP contribution < -0.4 is 10.2 Å². The molecule has 2 heterocycles. The highest BCUT2D eigenvalue weighted by Gasteiger charge is 2.26. The van der Waals surface area contributed by atoms with Crippen LogP contribution in [-0.4, -0.2) is 42.7 Å². The van der Waals surface area contributed by atoms with Crippen LogP contribution in [-0.2, 0) is 11.2 Å². The smallest absolute Gasteiger partial charge is 0.277 e. The molecule has 0 radical (unpaired) electrons. The number of carbonyl (C=O) groups excluding carboxylic acids is 1. The van der Waals surface area contributed by atoms with Crippen LogP contribution >= 0.6 is 0 Å².